The first-order valence-corrected chi connectivity index (χ1v) is 7.13. The van der Waals surface area contributed by atoms with E-state index in [1.165, 1.54) is 24.3 Å². The molecular weight excluding hydrogens is 357 g/mol. The van der Waals surface area contributed by atoms with Crippen molar-refractivity contribution in [1.29, 1.82) is 0 Å². The van der Waals surface area contributed by atoms with Crippen molar-refractivity contribution in [3.05, 3.63) is 54.1 Å². The molecule has 0 fully saturated rings. The summed E-state index contributed by atoms with van der Waals surface area (Å²) in [5.74, 6) is -2.97. The number of carboxylic acids is 2. The molecule has 26 heavy (non-hydrogen) atoms. The van der Waals surface area contributed by atoms with Gasteiger partial charge >= 0.3 is 18.1 Å². The van der Waals surface area contributed by atoms with Crippen LogP contribution in [0.3, 0.4) is 0 Å². The van der Waals surface area contributed by atoms with Gasteiger partial charge in [0, 0.05) is 0 Å². The Hall–Kier alpha value is -3.23. The first-order valence-electron chi connectivity index (χ1n) is 7.13. The van der Waals surface area contributed by atoms with Crippen molar-refractivity contribution >= 4 is 11.9 Å². The Balaban J connectivity index is 2.10. The van der Waals surface area contributed by atoms with E-state index in [2.05, 4.69) is 0 Å². The van der Waals surface area contributed by atoms with Crippen LogP contribution in [-0.4, -0.2) is 27.8 Å². The minimum atomic E-state index is -4.45. The number of alkyl halides is 3. The fourth-order valence-corrected chi connectivity index (χ4v) is 1.84. The Labute approximate surface area is 145 Å². The monoisotopic (exact) mass is 370 g/mol. The van der Waals surface area contributed by atoms with E-state index in [1.807, 2.05) is 0 Å². The molecule has 2 aromatic carbocycles. The SMILES string of the molecule is CC(Oc1ccc(Oc2ccc(C(F)(F)F)cc2)cc1)(C(=O)O)C(=O)O. The number of halogens is 3. The number of ether oxygens (including phenoxy) is 2. The van der Waals surface area contributed by atoms with Crippen LogP contribution >= 0.6 is 0 Å². The highest BCUT2D eigenvalue weighted by Gasteiger charge is 2.44. The summed E-state index contributed by atoms with van der Waals surface area (Å²) in [5.41, 5.74) is -3.27. The van der Waals surface area contributed by atoms with Gasteiger partial charge in [0.2, 0.25) is 0 Å². The molecule has 6 nitrogen and oxygen atoms in total. The summed E-state index contributed by atoms with van der Waals surface area (Å²) in [6.07, 6.45) is -4.45. The van der Waals surface area contributed by atoms with Crippen molar-refractivity contribution in [2.24, 2.45) is 0 Å². The summed E-state index contributed by atoms with van der Waals surface area (Å²) in [6.45, 7) is 0.893. The van der Waals surface area contributed by atoms with Gasteiger partial charge in [0.05, 0.1) is 5.56 Å². The number of rotatable bonds is 6. The van der Waals surface area contributed by atoms with Gasteiger partial charge in [-0.1, -0.05) is 0 Å². The zero-order valence-electron chi connectivity index (χ0n) is 13.3. The second-order valence-corrected chi connectivity index (χ2v) is 5.34. The van der Waals surface area contributed by atoms with Crippen LogP contribution in [0.4, 0.5) is 13.2 Å². The molecule has 0 unspecified atom stereocenters. The van der Waals surface area contributed by atoms with Crippen molar-refractivity contribution in [3.8, 4) is 17.2 Å². The average molecular weight is 370 g/mol. The summed E-state index contributed by atoms with van der Waals surface area (Å²) in [4.78, 5) is 22.1. The minimum Gasteiger partial charge on any atom is -0.478 e. The van der Waals surface area contributed by atoms with Gasteiger partial charge in [0.15, 0.2) is 0 Å². The first kappa shape index (κ1) is 19.1. The van der Waals surface area contributed by atoms with E-state index in [0.29, 0.717) is 0 Å². The quantitative estimate of drug-likeness (QED) is 0.752. The molecule has 0 aromatic heterocycles. The Morgan fingerprint density at radius 2 is 1.19 bits per heavy atom. The number of carbonyl (C=O) groups is 2. The van der Waals surface area contributed by atoms with Crippen molar-refractivity contribution in [3.63, 3.8) is 0 Å². The Morgan fingerprint density at radius 1 is 0.808 bits per heavy atom. The topological polar surface area (TPSA) is 93.1 Å². The van der Waals surface area contributed by atoms with Gasteiger partial charge in [0.1, 0.15) is 17.2 Å². The average Bonchev–Trinajstić information content (AvgIpc) is 2.56. The third-order valence-electron chi connectivity index (χ3n) is 3.38. The van der Waals surface area contributed by atoms with E-state index >= 15 is 0 Å². The number of hydrogen-bond acceptors (Lipinski definition) is 4. The van der Waals surface area contributed by atoms with Crippen LogP contribution in [0.1, 0.15) is 12.5 Å². The van der Waals surface area contributed by atoms with Crippen LogP contribution in [0.2, 0.25) is 0 Å². The maximum atomic E-state index is 12.5. The predicted molar refractivity (Wildman–Crippen MR) is 82.3 cm³/mol. The highest BCUT2D eigenvalue weighted by molar-refractivity contribution is 6.01. The van der Waals surface area contributed by atoms with Crippen LogP contribution in [0.5, 0.6) is 17.2 Å². The second-order valence-electron chi connectivity index (χ2n) is 5.34. The highest BCUT2D eigenvalue weighted by atomic mass is 19.4. The molecule has 0 bridgehead atoms. The first-order chi connectivity index (χ1) is 12.0. The van der Waals surface area contributed by atoms with Gasteiger partial charge in [-0.3, -0.25) is 0 Å². The third-order valence-corrected chi connectivity index (χ3v) is 3.38. The standard InChI is InChI=1S/C17H13F3O6/c1-16(14(21)22,15(23)24)26-13-8-6-12(7-9-13)25-11-4-2-10(3-5-11)17(18,19)20/h2-9H,1H3,(H,21,22)(H,23,24). The van der Waals surface area contributed by atoms with Crippen LogP contribution in [0, 0.1) is 0 Å². The number of benzene rings is 2. The van der Waals surface area contributed by atoms with Crippen LogP contribution in [-0.2, 0) is 15.8 Å². The summed E-state index contributed by atoms with van der Waals surface area (Å²) < 4.78 is 47.9. The fourth-order valence-electron chi connectivity index (χ4n) is 1.84. The van der Waals surface area contributed by atoms with Gasteiger partial charge in [-0.2, -0.15) is 13.2 Å². The van der Waals surface area contributed by atoms with Crippen LogP contribution in [0.25, 0.3) is 0 Å². The van der Waals surface area contributed by atoms with Crippen molar-refractivity contribution in [2.75, 3.05) is 0 Å². The number of aliphatic carboxylic acids is 2. The lowest BCUT2D eigenvalue weighted by Gasteiger charge is -2.21. The van der Waals surface area contributed by atoms with Gasteiger partial charge < -0.3 is 19.7 Å². The van der Waals surface area contributed by atoms with E-state index in [9.17, 15) is 22.8 Å². The van der Waals surface area contributed by atoms with E-state index in [4.69, 9.17) is 19.7 Å². The molecule has 0 heterocycles. The molecule has 0 radical (unpaired) electrons. The zero-order chi connectivity index (χ0) is 19.5. The molecule has 0 saturated carbocycles. The molecular formula is C17H13F3O6. The smallest absolute Gasteiger partial charge is 0.416 e. The molecule has 0 spiro atoms. The third kappa shape index (κ3) is 4.24. The molecule has 0 saturated heterocycles. The Bertz CT molecular complexity index is 783. The maximum Gasteiger partial charge on any atom is 0.416 e. The number of carboxylic acid groups (broad SMARTS) is 2. The molecule has 0 atom stereocenters. The molecule has 0 aliphatic heterocycles. The molecule has 2 N–H and O–H groups in total. The van der Waals surface area contributed by atoms with Gasteiger partial charge in [0.25, 0.3) is 5.60 Å². The van der Waals surface area contributed by atoms with E-state index < -0.39 is 29.3 Å². The normalized spacial score (nSPS) is 11.7. The van der Waals surface area contributed by atoms with E-state index in [0.717, 1.165) is 31.2 Å². The molecule has 9 heteroatoms. The molecule has 0 amide bonds. The van der Waals surface area contributed by atoms with Gasteiger partial charge in [-0.05, 0) is 55.5 Å². The summed E-state index contributed by atoms with van der Waals surface area (Å²) >= 11 is 0. The van der Waals surface area contributed by atoms with E-state index in [1.54, 1.807) is 0 Å². The largest absolute Gasteiger partial charge is 0.478 e. The summed E-state index contributed by atoms with van der Waals surface area (Å²) in [5, 5.41) is 18.0. The Morgan fingerprint density at radius 3 is 1.58 bits per heavy atom. The minimum absolute atomic E-state index is 0.0305. The highest BCUT2D eigenvalue weighted by Crippen LogP contribution is 2.32. The second kappa shape index (κ2) is 6.95. The fraction of sp³-hybridized carbons (Fsp3) is 0.176. The lowest BCUT2D eigenvalue weighted by molar-refractivity contribution is -0.170. The maximum absolute atomic E-state index is 12.5. The number of hydrogen-bond donors (Lipinski definition) is 2. The molecule has 0 aliphatic rings. The van der Waals surface area contributed by atoms with Gasteiger partial charge in [-0.15, -0.1) is 0 Å². The van der Waals surface area contributed by atoms with Crippen molar-refractivity contribution < 1.29 is 42.4 Å². The van der Waals surface area contributed by atoms with Crippen molar-refractivity contribution in [1.82, 2.24) is 0 Å². The van der Waals surface area contributed by atoms with Gasteiger partial charge in [-0.25, -0.2) is 9.59 Å². The molecule has 2 rings (SSSR count). The van der Waals surface area contributed by atoms with Crippen LogP contribution < -0.4 is 9.47 Å². The molecule has 0 aliphatic carbocycles. The lowest BCUT2D eigenvalue weighted by Crippen LogP contribution is -2.49. The summed E-state index contributed by atoms with van der Waals surface area (Å²) in [6, 6.07) is 9.33. The zero-order valence-corrected chi connectivity index (χ0v) is 13.3. The lowest BCUT2D eigenvalue weighted by atomic mass is 10.1. The molecule has 138 valence electrons. The van der Waals surface area contributed by atoms with Crippen LogP contribution in [0.15, 0.2) is 48.5 Å². The summed E-state index contributed by atoms with van der Waals surface area (Å²) in [7, 11) is 0. The van der Waals surface area contributed by atoms with Crippen molar-refractivity contribution in [2.45, 2.75) is 18.7 Å². The predicted octanol–water partition coefficient (Wildman–Crippen LogP) is 3.80. The van der Waals surface area contributed by atoms with E-state index in [-0.39, 0.29) is 17.2 Å². The molecule has 2 aromatic rings. The Kier molecular flexibility index (Phi) is 5.10.